The zero-order valence-corrected chi connectivity index (χ0v) is 13.0. The molecule has 22 heavy (non-hydrogen) atoms. The number of hydrogen-bond acceptors (Lipinski definition) is 5. The number of benzene rings is 1. The average molecular weight is 319 g/mol. The average Bonchev–Trinajstić information content (AvgIpc) is 2.43. The molecule has 0 fully saturated rings. The number of rotatable bonds is 2. The fourth-order valence-corrected chi connectivity index (χ4v) is 3.07. The molecule has 0 saturated carbocycles. The van der Waals surface area contributed by atoms with E-state index in [2.05, 4.69) is 14.9 Å². The predicted molar refractivity (Wildman–Crippen MR) is 84.6 cm³/mol. The van der Waals surface area contributed by atoms with Crippen molar-refractivity contribution in [2.24, 2.45) is 0 Å². The van der Waals surface area contributed by atoms with E-state index in [-0.39, 0.29) is 17.1 Å². The van der Waals surface area contributed by atoms with Crippen LogP contribution in [-0.4, -0.2) is 31.6 Å². The number of fused-ring (bicyclic) bond motifs is 1. The van der Waals surface area contributed by atoms with E-state index in [0.29, 0.717) is 29.8 Å². The van der Waals surface area contributed by atoms with Crippen molar-refractivity contribution in [2.75, 3.05) is 6.54 Å². The van der Waals surface area contributed by atoms with E-state index < -0.39 is 0 Å². The van der Waals surface area contributed by atoms with Crippen LogP contribution in [0.25, 0.3) is 0 Å². The van der Waals surface area contributed by atoms with Gasteiger partial charge in [0.15, 0.2) is 4.77 Å². The van der Waals surface area contributed by atoms with E-state index in [1.54, 1.807) is 6.07 Å². The number of nitrogens with one attached hydrogen (secondary N) is 2. The Balaban J connectivity index is 1.87. The Bertz CT molecular complexity index is 818. The molecule has 116 valence electrons. The van der Waals surface area contributed by atoms with Crippen LogP contribution in [-0.2, 0) is 19.5 Å². The molecular weight excluding hydrogens is 302 g/mol. The van der Waals surface area contributed by atoms with Gasteiger partial charge in [-0.05, 0) is 30.8 Å². The number of H-pyrrole nitrogens is 2. The van der Waals surface area contributed by atoms with Gasteiger partial charge >= 0.3 is 0 Å². The summed E-state index contributed by atoms with van der Waals surface area (Å²) in [7, 11) is 0. The first-order chi connectivity index (χ1) is 10.4. The molecule has 0 bridgehead atoms. The number of aromatic amines is 2. The molecule has 4 N–H and O–H groups in total. The molecule has 2 aromatic rings. The number of nitrogens with zero attached hydrogens (tertiary/aromatic N) is 1. The molecule has 1 aliphatic heterocycles. The van der Waals surface area contributed by atoms with E-state index in [0.717, 1.165) is 23.4 Å². The highest BCUT2D eigenvalue weighted by Crippen LogP contribution is 2.29. The first-order valence-corrected chi connectivity index (χ1v) is 7.43. The predicted octanol–water partition coefficient (Wildman–Crippen LogP) is 1.71. The van der Waals surface area contributed by atoms with E-state index in [9.17, 15) is 15.0 Å². The number of aryl methyl sites for hydroxylation is 1. The summed E-state index contributed by atoms with van der Waals surface area (Å²) in [6.45, 7) is 3.63. The summed E-state index contributed by atoms with van der Waals surface area (Å²) >= 11 is 4.98. The third-order valence-electron chi connectivity index (χ3n) is 4.01. The molecule has 1 aliphatic rings. The summed E-state index contributed by atoms with van der Waals surface area (Å²) < 4.78 is 0.351. The molecule has 6 nitrogen and oxygen atoms in total. The number of aromatic hydroxyl groups is 2. The van der Waals surface area contributed by atoms with E-state index in [1.807, 2.05) is 6.92 Å². The Morgan fingerprint density at radius 3 is 2.82 bits per heavy atom. The molecule has 0 atom stereocenters. The van der Waals surface area contributed by atoms with E-state index in [4.69, 9.17) is 12.2 Å². The molecule has 0 aliphatic carbocycles. The van der Waals surface area contributed by atoms with Crippen molar-refractivity contribution in [3.8, 4) is 11.5 Å². The van der Waals surface area contributed by atoms with Crippen molar-refractivity contribution < 1.29 is 10.2 Å². The third kappa shape index (κ3) is 2.77. The minimum absolute atomic E-state index is 0.0479. The van der Waals surface area contributed by atoms with Crippen LogP contribution in [0.15, 0.2) is 16.9 Å². The fourth-order valence-electron chi connectivity index (χ4n) is 2.86. The van der Waals surface area contributed by atoms with Gasteiger partial charge in [0.2, 0.25) is 0 Å². The second kappa shape index (κ2) is 5.58. The molecule has 0 spiro atoms. The summed E-state index contributed by atoms with van der Waals surface area (Å²) in [6, 6.07) is 2.96. The number of aromatic nitrogens is 2. The number of phenols is 2. The van der Waals surface area contributed by atoms with E-state index in [1.165, 1.54) is 6.07 Å². The number of phenolic OH excluding ortho intramolecular Hbond substituents is 2. The summed E-state index contributed by atoms with van der Waals surface area (Å²) in [4.78, 5) is 19.7. The maximum absolute atomic E-state index is 12.0. The quantitative estimate of drug-likeness (QED) is 0.633. The SMILES string of the molecule is Cc1cc(O)cc(O)c1CN1CCc2[nH]c(=S)[nH]c(=O)c2C1. The van der Waals surface area contributed by atoms with Gasteiger partial charge in [-0.1, -0.05) is 0 Å². The van der Waals surface area contributed by atoms with Crippen molar-refractivity contribution in [3.63, 3.8) is 0 Å². The Morgan fingerprint density at radius 1 is 1.32 bits per heavy atom. The lowest BCUT2D eigenvalue weighted by Crippen LogP contribution is -2.35. The normalized spacial score (nSPS) is 14.8. The van der Waals surface area contributed by atoms with Gasteiger partial charge in [0, 0.05) is 43.4 Å². The molecule has 0 amide bonds. The molecule has 0 radical (unpaired) electrons. The fraction of sp³-hybridized carbons (Fsp3) is 0.333. The number of hydrogen-bond donors (Lipinski definition) is 4. The smallest absolute Gasteiger partial charge is 0.256 e. The summed E-state index contributed by atoms with van der Waals surface area (Å²) in [5.41, 5.74) is 3.01. The van der Waals surface area contributed by atoms with Crippen molar-refractivity contribution in [2.45, 2.75) is 26.4 Å². The monoisotopic (exact) mass is 319 g/mol. The Kier molecular flexibility index (Phi) is 3.76. The second-order valence-corrected chi connectivity index (χ2v) is 5.99. The Labute approximate surface area is 132 Å². The Hall–Kier alpha value is -2.12. The highest BCUT2D eigenvalue weighted by molar-refractivity contribution is 7.71. The topological polar surface area (TPSA) is 92.3 Å². The summed E-state index contributed by atoms with van der Waals surface area (Å²) in [5, 5.41) is 19.5. The van der Waals surface area contributed by atoms with Crippen molar-refractivity contribution in [3.05, 3.63) is 49.6 Å². The molecule has 2 heterocycles. The third-order valence-corrected chi connectivity index (χ3v) is 4.21. The van der Waals surface area contributed by atoms with Gasteiger partial charge in [0.25, 0.3) is 5.56 Å². The van der Waals surface area contributed by atoms with Crippen LogP contribution < -0.4 is 5.56 Å². The largest absolute Gasteiger partial charge is 0.508 e. The van der Waals surface area contributed by atoms with Gasteiger partial charge < -0.3 is 15.2 Å². The molecule has 7 heteroatoms. The standard InChI is InChI=1S/C15H17N3O3S/c1-8-4-9(19)5-13(20)10(8)6-18-3-2-12-11(7-18)14(21)17-15(22)16-12/h4-5,19-20H,2-3,6-7H2,1H3,(H2,16,17,21,22). The minimum atomic E-state index is -0.157. The molecular formula is C15H17N3O3S. The summed E-state index contributed by atoms with van der Waals surface area (Å²) in [5.74, 6) is 0.122. The van der Waals surface area contributed by atoms with Crippen molar-refractivity contribution >= 4 is 12.2 Å². The van der Waals surface area contributed by atoms with Crippen molar-refractivity contribution in [1.29, 1.82) is 0 Å². The zero-order valence-electron chi connectivity index (χ0n) is 12.1. The molecule has 3 rings (SSSR count). The van der Waals surface area contributed by atoms with Gasteiger partial charge in [0.05, 0.1) is 5.56 Å². The highest BCUT2D eigenvalue weighted by atomic mass is 32.1. The van der Waals surface area contributed by atoms with Gasteiger partial charge in [-0.2, -0.15) is 0 Å². The Morgan fingerprint density at radius 2 is 2.09 bits per heavy atom. The lowest BCUT2D eigenvalue weighted by molar-refractivity contribution is 0.238. The molecule has 1 aromatic heterocycles. The van der Waals surface area contributed by atoms with Crippen LogP contribution in [0.3, 0.4) is 0 Å². The lowest BCUT2D eigenvalue weighted by atomic mass is 10.0. The molecule has 1 aromatic carbocycles. The van der Waals surface area contributed by atoms with Crippen LogP contribution in [0.4, 0.5) is 0 Å². The minimum Gasteiger partial charge on any atom is -0.508 e. The van der Waals surface area contributed by atoms with Gasteiger partial charge in [-0.15, -0.1) is 0 Å². The van der Waals surface area contributed by atoms with Gasteiger partial charge in [-0.3, -0.25) is 14.7 Å². The molecule has 0 saturated heterocycles. The highest BCUT2D eigenvalue weighted by Gasteiger charge is 2.21. The zero-order chi connectivity index (χ0) is 15.9. The van der Waals surface area contributed by atoms with Crippen LogP contribution in [0.1, 0.15) is 22.4 Å². The summed E-state index contributed by atoms with van der Waals surface area (Å²) in [6.07, 6.45) is 0.709. The van der Waals surface area contributed by atoms with Crippen LogP contribution >= 0.6 is 12.2 Å². The first-order valence-electron chi connectivity index (χ1n) is 7.02. The van der Waals surface area contributed by atoms with Crippen LogP contribution in [0, 0.1) is 11.7 Å². The maximum atomic E-state index is 12.0. The second-order valence-electron chi connectivity index (χ2n) is 5.59. The van der Waals surface area contributed by atoms with E-state index >= 15 is 0 Å². The van der Waals surface area contributed by atoms with Crippen molar-refractivity contribution in [1.82, 2.24) is 14.9 Å². The molecule has 0 unspecified atom stereocenters. The maximum Gasteiger partial charge on any atom is 0.256 e. The van der Waals surface area contributed by atoms with Crippen LogP contribution in [0.2, 0.25) is 0 Å². The first kappa shape index (κ1) is 14.8. The van der Waals surface area contributed by atoms with Gasteiger partial charge in [0.1, 0.15) is 11.5 Å². The van der Waals surface area contributed by atoms with Gasteiger partial charge in [-0.25, -0.2) is 0 Å². The lowest BCUT2D eigenvalue weighted by Gasteiger charge is -2.28. The van der Waals surface area contributed by atoms with Crippen LogP contribution in [0.5, 0.6) is 11.5 Å².